The van der Waals surface area contributed by atoms with Crippen LogP contribution >= 0.6 is 11.8 Å². The van der Waals surface area contributed by atoms with E-state index in [9.17, 15) is 4.79 Å². The fourth-order valence-corrected chi connectivity index (χ4v) is 1.96. The van der Waals surface area contributed by atoms with Gasteiger partial charge in [0.25, 0.3) is 0 Å². The topological polar surface area (TPSA) is 41.9 Å². The van der Waals surface area contributed by atoms with Crippen molar-refractivity contribution in [3.05, 3.63) is 0 Å². The standard InChI is InChI=1S/C9H16N2O2S/c1-9(2,3)13-8(12)10-7-11(4)5-6-14-7/h5-6H2,1-4H3. The van der Waals surface area contributed by atoms with Crippen LogP contribution in [0.2, 0.25) is 0 Å². The van der Waals surface area contributed by atoms with Gasteiger partial charge >= 0.3 is 6.09 Å². The molecule has 0 atom stereocenters. The molecule has 1 aliphatic rings. The minimum Gasteiger partial charge on any atom is -0.442 e. The summed E-state index contributed by atoms with van der Waals surface area (Å²) in [5.41, 5.74) is -0.469. The molecule has 1 rings (SSSR count). The molecule has 0 aromatic heterocycles. The first kappa shape index (κ1) is 11.4. The molecule has 1 heterocycles. The summed E-state index contributed by atoms with van der Waals surface area (Å²) in [5, 5.41) is 0.749. The van der Waals surface area contributed by atoms with Crippen LogP contribution in [0.4, 0.5) is 4.79 Å². The Balaban J connectivity index is 2.55. The Hall–Kier alpha value is -0.710. The molecule has 0 radical (unpaired) electrons. The van der Waals surface area contributed by atoms with Crippen LogP contribution in [0.1, 0.15) is 20.8 Å². The molecule has 1 fully saturated rings. The number of aliphatic imine (C=N–C) groups is 1. The van der Waals surface area contributed by atoms with Crippen molar-refractivity contribution in [2.75, 3.05) is 19.3 Å². The van der Waals surface area contributed by atoms with Crippen molar-refractivity contribution >= 4 is 23.0 Å². The molecular formula is C9H16N2O2S. The number of hydrogen-bond acceptors (Lipinski definition) is 3. The van der Waals surface area contributed by atoms with E-state index in [1.54, 1.807) is 11.8 Å². The number of carbonyl (C=O) groups excluding carboxylic acids is 1. The maximum absolute atomic E-state index is 11.3. The van der Waals surface area contributed by atoms with E-state index in [2.05, 4.69) is 4.99 Å². The van der Waals surface area contributed by atoms with E-state index in [4.69, 9.17) is 4.74 Å². The fraction of sp³-hybridized carbons (Fsp3) is 0.778. The Bertz CT molecular complexity index is 258. The van der Waals surface area contributed by atoms with Crippen molar-refractivity contribution in [1.82, 2.24) is 4.90 Å². The SMILES string of the molecule is CN1CCSC1=NC(=O)OC(C)(C)C. The number of amidine groups is 1. The highest BCUT2D eigenvalue weighted by atomic mass is 32.2. The third-order valence-corrected chi connectivity index (χ3v) is 2.61. The molecule has 1 aliphatic heterocycles. The third-order valence-electron chi connectivity index (χ3n) is 1.56. The molecular weight excluding hydrogens is 200 g/mol. The molecule has 0 aromatic rings. The number of ether oxygens (including phenoxy) is 1. The van der Waals surface area contributed by atoms with Gasteiger partial charge in [0.2, 0.25) is 0 Å². The second-order valence-electron chi connectivity index (χ2n) is 4.14. The Morgan fingerprint density at radius 2 is 2.21 bits per heavy atom. The maximum atomic E-state index is 11.3. The van der Waals surface area contributed by atoms with Crippen LogP contribution in [-0.2, 0) is 4.74 Å². The Morgan fingerprint density at radius 3 is 2.64 bits per heavy atom. The summed E-state index contributed by atoms with van der Waals surface area (Å²) in [5.74, 6) is 0.984. The number of nitrogens with zero attached hydrogens (tertiary/aromatic N) is 2. The predicted octanol–water partition coefficient (Wildman–Crippen LogP) is 1.96. The molecule has 1 saturated heterocycles. The summed E-state index contributed by atoms with van der Waals surface area (Å²) in [6.45, 7) is 6.43. The molecule has 5 heteroatoms. The molecule has 14 heavy (non-hydrogen) atoms. The predicted molar refractivity (Wildman–Crippen MR) is 58.8 cm³/mol. The van der Waals surface area contributed by atoms with Gasteiger partial charge in [0.1, 0.15) is 5.60 Å². The van der Waals surface area contributed by atoms with E-state index >= 15 is 0 Å². The lowest BCUT2D eigenvalue weighted by molar-refractivity contribution is 0.0603. The van der Waals surface area contributed by atoms with Crippen molar-refractivity contribution < 1.29 is 9.53 Å². The Morgan fingerprint density at radius 1 is 1.57 bits per heavy atom. The van der Waals surface area contributed by atoms with Gasteiger partial charge < -0.3 is 9.64 Å². The van der Waals surface area contributed by atoms with Gasteiger partial charge in [-0.2, -0.15) is 4.99 Å². The first-order valence-electron chi connectivity index (χ1n) is 4.54. The average molecular weight is 216 g/mol. The molecule has 0 N–H and O–H groups in total. The molecule has 4 nitrogen and oxygen atoms in total. The maximum Gasteiger partial charge on any atom is 0.436 e. The fourth-order valence-electron chi connectivity index (χ4n) is 0.960. The highest BCUT2D eigenvalue weighted by Gasteiger charge is 2.20. The minimum absolute atomic E-state index is 0.469. The van der Waals surface area contributed by atoms with Crippen molar-refractivity contribution in [2.45, 2.75) is 26.4 Å². The van der Waals surface area contributed by atoms with Crippen molar-refractivity contribution in [1.29, 1.82) is 0 Å². The summed E-state index contributed by atoms with van der Waals surface area (Å²) in [6.07, 6.45) is -0.506. The van der Waals surface area contributed by atoms with Gasteiger partial charge in [0, 0.05) is 19.3 Å². The smallest absolute Gasteiger partial charge is 0.436 e. The van der Waals surface area contributed by atoms with Gasteiger partial charge in [0.05, 0.1) is 0 Å². The molecule has 1 amide bonds. The lowest BCUT2D eigenvalue weighted by Gasteiger charge is -2.18. The molecule has 0 spiro atoms. The zero-order valence-corrected chi connectivity index (χ0v) is 9.85. The lowest BCUT2D eigenvalue weighted by Crippen LogP contribution is -2.24. The first-order chi connectivity index (χ1) is 6.38. The summed E-state index contributed by atoms with van der Waals surface area (Å²) in [4.78, 5) is 17.2. The van der Waals surface area contributed by atoms with Crippen molar-refractivity contribution in [2.24, 2.45) is 4.99 Å². The first-order valence-corrected chi connectivity index (χ1v) is 5.53. The van der Waals surface area contributed by atoms with Gasteiger partial charge in [0.15, 0.2) is 5.17 Å². The van der Waals surface area contributed by atoms with E-state index in [0.29, 0.717) is 0 Å². The highest BCUT2D eigenvalue weighted by Crippen LogP contribution is 2.17. The second-order valence-corrected chi connectivity index (χ2v) is 5.21. The van der Waals surface area contributed by atoms with Crippen molar-refractivity contribution in [3.63, 3.8) is 0 Å². The van der Waals surface area contributed by atoms with Crippen LogP contribution in [-0.4, -0.2) is 41.1 Å². The molecule has 0 aromatic carbocycles. The monoisotopic (exact) mass is 216 g/mol. The molecule has 0 bridgehead atoms. The number of amides is 1. The van der Waals surface area contributed by atoms with Crippen LogP contribution in [0.5, 0.6) is 0 Å². The average Bonchev–Trinajstić information content (AvgIpc) is 2.32. The quantitative estimate of drug-likeness (QED) is 0.620. The number of rotatable bonds is 0. The van der Waals surface area contributed by atoms with E-state index in [1.807, 2.05) is 32.7 Å². The molecule has 0 aliphatic carbocycles. The van der Waals surface area contributed by atoms with Gasteiger partial charge in [-0.05, 0) is 20.8 Å². The Labute approximate surface area is 88.7 Å². The number of carbonyl (C=O) groups is 1. The van der Waals surface area contributed by atoms with E-state index in [1.165, 1.54) is 0 Å². The molecule has 80 valence electrons. The van der Waals surface area contributed by atoms with Crippen LogP contribution in [0, 0.1) is 0 Å². The summed E-state index contributed by atoms with van der Waals surface area (Å²) in [6, 6.07) is 0. The second kappa shape index (κ2) is 4.21. The highest BCUT2D eigenvalue weighted by molar-refractivity contribution is 8.14. The van der Waals surface area contributed by atoms with Gasteiger partial charge in [-0.25, -0.2) is 4.79 Å². The van der Waals surface area contributed by atoms with Crippen LogP contribution < -0.4 is 0 Å². The summed E-state index contributed by atoms with van der Waals surface area (Å²) >= 11 is 1.58. The largest absolute Gasteiger partial charge is 0.442 e. The van der Waals surface area contributed by atoms with Crippen molar-refractivity contribution in [3.8, 4) is 0 Å². The number of thioether (sulfide) groups is 1. The third kappa shape index (κ3) is 3.57. The summed E-state index contributed by atoms with van der Waals surface area (Å²) < 4.78 is 5.08. The zero-order valence-electron chi connectivity index (χ0n) is 9.03. The van der Waals surface area contributed by atoms with Gasteiger partial charge in [-0.1, -0.05) is 11.8 Å². The zero-order chi connectivity index (χ0) is 10.8. The molecule has 0 saturated carbocycles. The van der Waals surface area contributed by atoms with Gasteiger partial charge in [-0.15, -0.1) is 0 Å². The number of hydrogen-bond donors (Lipinski definition) is 0. The van der Waals surface area contributed by atoms with E-state index in [-0.39, 0.29) is 0 Å². The van der Waals surface area contributed by atoms with Crippen LogP contribution in [0.15, 0.2) is 4.99 Å². The van der Waals surface area contributed by atoms with E-state index < -0.39 is 11.7 Å². The lowest BCUT2D eigenvalue weighted by atomic mass is 10.2. The van der Waals surface area contributed by atoms with Gasteiger partial charge in [-0.3, -0.25) is 0 Å². The van der Waals surface area contributed by atoms with Crippen LogP contribution in [0.3, 0.4) is 0 Å². The minimum atomic E-state index is -0.506. The van der Waals surface area contributed by atoms with Crippen LogP contribution in [0.25, 0.3) is 0 Å². The summed E-state index contributed by atoms with van der Waals surface area (Å²) in [7, 11) is 1.92. The normalized spacial score (nSPS) is 20.3. The molecule has 0 unspecified atom stereocenters. The Kier molecular flexibility index (Phi) is 3.42. The van der Waals surface area contributed by atoms with E-state index in [0.717, 1.165) is 17.5 Å².